The lowest BCUT2D eigenvalue weighted by Gasteiger charge is -2.32. The molecule has 25 heavy (non-hydrogen) atoms. The summed E-state index contributed by atoms with van der Waals surface area (Å²) in [4.78, 5) is 4.90. The molecule has 0 bridgehead atoms. The lowest BCUT2D eigenvalue weighted by atomic mass is 10.2. The maximum Gasteiger partial charge on any atom is 0.244 e. The third-order valence-electron chi connectivity index (χ3n) is 4.45. The van der Waals surface area contributed by atoms with Crippen LogP contribution in [0.25, 0.3) is 0 Å². The van der Waals surface area contributed by atoms with E-state index in [-0.39, 0.29) is 4.90 Å². The highest BCUT2D eigenvalue weighted by atomic mass is 35.5. The lowest BCUT2D eigenvalue weighted by molar-refractivity contribution is 0.152. The van der Waals surface area contributed by atoms with Gasteiger partial charge in [0.05, 0.1) is 7.11 Å². The Hall–Kier alpha value is -0.860. The van der Waals surface area contributed by atoms with Crippen LogP contribution in [0.4, 0.5) is 0 Å². The summed E-state index contributed by atoms with van der Waals surface area (Å²) < 4.78 is 32.6. The first-order chi connectivity index (χ1) is 11.9. The standard InChI is InChI=1S/C17H28ClN3O3S/c1-20-10-12-21(13-11-20)9-5-3-4-8-19-25(22,23)17-14-15(18)6-7-16(17)24-2/h6-7,14,19H,3-5,8-13H2,1-2H3. The molecule has 8 heteroatoms. The Morgan fingerprint density at radius 2 is 1.88 bits per heavy atom. The molecular weight excluding hydrogens is 362 g/mol. The molecule has 0 aromatic heterocycles. The van der Waals surface area contributed by atoms with E-state index in [0.717, 1.165) is 52.0 Å². The number of likely N-dealkylation sites (N-methyl/N-ethyl adjacent to an activating group) is 1. The molecule has 2 rings (SSSR count). The van der Waals surface area contributed by atoms with E-state index in [1.165, 1.54) is 13.2 Å². The van der Waals surface area contributed by atoms with E-state index < -0.39 is 10.0 Å². The number of benzene rings is 1. The average molecular weight is 390 g/mol. The molecule has 1 aliphatic rings. The Kier molecular flexibility index (Phi) is 7.96. The molecule has 1 heterocycles. The molecule has 0 saturated carbocycles. The molecular formula is C17H28ClN3O3S. The second-order valence-corrected chi connectivity index (χ2v) is 8.57. The van der Waals surface area contributed by atoms with Crippen LogP contribution in [0.1, 0.15) is 19.3 Å². The summed E-state index contributed by atoms with van der Waals surface area (Å²) in [6.07, 6.45) is 2.91. The number of methoxy groups -OCH3 is 1. The third-order valence-corrected chi connectivity index (χ3v) is 6.17. The monoisotopic (exact) mass is 389 g/mol. The van der Waals surface area contributed by atoms with Crippen LogP contribution in [0.2, 0.25) is 5.02 Å². The number of nitrogens with one attached hydrogen (secondary N) is 1. The first kappa shape index (κ1) is 20.5. The summed E-state index contributed by atoms with van der Waals surface area (Å²) in [7, 11) is -0.0185. The van der Waals surface area contributed by atoms with Crippen LogP contribution < -0.4 is 9.46 Å². The van der Waals surface area contributed by atoms with Gasteiger partial charge in [-0.1, -0.05) is 18.0 Å². The van der Waals surface area contributed by atoms with E-state index in [0.29, 0.717) is 17.3 Å². The minimum atomic E-state index is -3.61. The molecule has 0 spiro atoms. The van der Waals surface area contributed by atoms with Crippen LogP contribution in [0.5, 0.6) is 5.75 Å². The fourth-order valence-corrected chi connectivity index (χ4v) is 4.36. The minimum absolute atomic E-state index is 0.0833. The van der Waals surface area contributed by atoms with E-state index in [1.54, 1.807) is 12.1 Å². The highest BCUT2D eigenvalue weighted by Gasteiger charge is 2.19. The summed E-state index contributed by atoms with van der Waals surface area (Å²) in [5, 5.41) is 0.369. The van der Waals surface area contributed by atoms with Gasteiger partial charge >= 0.3 is 0 Å². The Morgan fingerprint density at radius 1 is 1.16 bits per heavy atom. The van der Waals surface area contributed by atoms with E-state index in [1.807, 2.05) is 0 Å². The third kappa shape index (κ3) is 6.42. The number of hydrogen-bond acceptors (Lipinski definition) is 5. The molecule has 0 aliphatic carbocycles. The predicted octanol–water partition coefficient (Wildman–Crippen LogP) is 2.04. The first-order valence-corrected chi connectivity index (χ1v) is 10.5. The largest absolute Gasteiger partial charge is 0.495 e. The Labute approximate surface area is 156 Å². The van der Waals surface area contributed by atoms with Gasteiger partial charge in [-0.25, -0.2) is 13.1 Å². The Bertz CT molecular complexity index is 647. The number of halogens is 1. The molecule has 1 aromatic rings. The highest BCUT2D eigenvalue weighted by molar-refractivity contribution is 7.89. The summed E-state index contributed by atoms with van der Waals surface area (Å²) in [6, 6.07) is 4.58. The van der Waals surface area contributed by atoms with E-state index in [4.69, 9.17) is 16.3 Å². The van der Waals surface area contributed by atoms with E-state index in [9.17, 15) is 8.42 Å². The molecule has 6 nitrogen and oxygen atoms in total. The maximum absolute atomic E-state index is 12.4. The molecule has 0 atom stereocenters. The van der Waals surface area contributed by atoms with Crippen molar-refractivity contribution in [2.45, 2.75) is 24.2 Å². The molecule has 1 saturated heterocycles. The number of piperazine rings is 1. The van der Waals surface area contributed by atoms with Gasteiger partial charge in [-0.15, -0.1) is 0 Å². The first-order valence-electron chi connectivity index (χ1n) is 8.66. The van der Waals surface area contributed by atoms with Crippen molar-refractivity contribution >= 4 is 21.6 Å². The summed E-state index contributed by atoms with van der Waals surface area (Å²) in [5.41, 5.74) is 0. The minimum Gasteiger partial charge on any atom is -0.495 e. The number of hydrogen-bond donors (Lipinski definition) is 1. The number of rotatable bonds is 9. The van der Waals surface area contributed by atoms with Crippen molar-refractivity contribution in [1.82, 2.24) is 14.5 Å². The number of nitrogens with zero attached hydrogens (tertiary/aromatic N) is 2. The van der Waals surface area contributed by atoms with Crippen molar-refractivity contribution in [1.29, 1.82) is 0 Å². The normalized spacial score (nSPS) is 16.9. The Balaban J connectivity index is 1.71. The van der Waals surface area contributed by atoms with Crippen molar-refractivity contribution in [2.24, 2.45) is 0 Å². The van der Waals surface area contributed by atoms with Crippen molar-refractivity contribution in [3.05, 3.63) is 23.2 Å². The van der Waals surface area contributed by atoms with Gasteiger partial charge in [-0.3, -0.25) is 0 Å². The number of ether oxygens (including phenoxy) is 1. The number of sulfonamides is 1. The quantitative estimate of drug-likeness (QED) is 0.655. The van der Waals surface area contributed by atoms with Gasteiger partial charge < -0.3 is 14.5 Å². The molecule has 0 amide bonds. The van der Waals surface area contributed by atoms with Crippen LogP contribution in [0.3, 0.4) is 0 Å². The van der Waals surface area contributed by atoms with E-state index >= 15 is 0 Å². The smallest absolute Gasteiger partial charge is 0.244 e. The Morgan fingerprint density at radius 3 is 2.56 bits per heavy atom. The van der Waals surface area contributed by atoms with Crippen LogP contribution >= 0.6 is 11.6 Å². The molecule has 1 aromatic carbocycles. The summed E-state index contributed by atoms with van der Waals surface area (Å²) >= 11 is 5.91. The molecule has 0 unspecified atom stereocenters. The zero-order chi connectivity index (χ0) is 18.3. The SMILES string of the molecule is COc1ccc(Cl)cc1S(=O)(=O)NCCCCCN1CCN(C)CC1. The van der Waals surface area contributed by atoms with Crippen LogP contribution in [-0.2, 0) is 10.0 Å². The average Bonchev–Trinajstić information content (AvgIpc) is 2.59. The molecule has 1 N–H and O–H groups in total. The van der Waals surface area contributed by atoms with Crippen molar-refractivity contribution < 1.29 is 13.2 Å². The fraction of sp³-hybridized carbons (Fsp3) is 0.647. The topological polar surface area (TPSA) is 61.9 Å². The van der Waals surface area contributed by atoms with Crippen molar-refractivity contribution in [3.8, 4) is 5.75 Å². The predicted molar refractivity (Wildman–Crippen MR) is 101 cm³/mol. The maximum atomic E-state index is 12.4. The van der Waals surface area contributed by atoms with Gasteiger partial charge in [0, 0.05) is 37.7 Å². The van der Waals surface area contributed by atoms with Gasteiger partial charge in [0.1, 0.15) is 10.6 Å². The zero-order valence-electron chi connectivity index (χ0n) is 15.0. The van der Waals surface area contributed by atoms with Crippen molar-refractivity contribution in [2.75, 3.05) is 53.4 Å². The molecule has 142 valence electrons. The zero-order valence-corrected chi connectivity index (χ0v) is 16.6. The van der Waals surface area contributed by atoms with Crippen LogP contribution in [-0.4, -0.2) is 71.6 Å². The van der Waals surface area contributed by atoms with Gasteiger partial charge in [0.2, 0.25) is 10.0 Å². The highest BCUT2D eigenvalue weighted by Crippen LogP contribution is 2.26. The molecule has 1 fully saturated rings. The lowest BCUT2D eigenvalue weighted by Crippen LogP contribution is -2.44. The summed E-state index contributed by atoms with van der Waals surface area (Å²) in [5.74, 6) is 0.298. The fourth-order valence-electron chi connectivity index (χ4n) is 2.85. The number of unbranched alkanes of at least 4 members (excludes halogenated alkanes) is 2. The van der Waals surface area contributed by atoms with Crippen LogP contribution in [0.15, 0.2) is 23.1 Å². The van der Waals surface area contributed by atoms with Gasteiger partial charge in [-0.2, -0.15) is 0 Å². The van der Waals surface area contributed by atoms with Gasteiger partial charge in [-0.05, 0) is 44.6 Å². The molecule has 1 aliphatic heterocycles. The van der Waals surface area contributed by atoms with Gasteiger partial charge in [0.25, 0.3) is 0 Å². The second kappa shape index (κ2) is 9.73. The van der Waals surface area contributed by atoms with E-state index in [2.05, 4.69) is 21.6 Å². The molecule has 0 radical (unpaired) electrons. The van der Waals surface area contributed by atoms with Crippen LogP contribution in [0, 0.1) is 0 Å². The summed E-state index contributed by atoms with van der Waals surface area (Å²) in [6.45, 7) is 6.00. The van der Waals surface area contributed by atoms with Crippen molar-refractivity contribution in [3.63, 3.8) is 0 Å². The second-order valence-electron chi connectivity index (χ2n) is 6.40. The van der Waals surface area contributed by atoms with Gasteiger partial charge in [0.15, 0.2) is 0 Å².